The molecule has 2 N–H and O–H groups in total. The van der Waals surface area contributed by atoms with Gasteiger partial charge in [0.2, 0.25) is 5.91 Å². The highest BCUT2D eigenvalue weighted by Gasteiger charge is 2.30. The van der Waals surface area contributed by atoms with Crippen molar-refractivity contribution in [1.82, 2.24) is 10.6 Å². The van der Waals surface area contributed by atoms with Gasteiger partial charge in [0.05, 0.1) is 0 Å². The minimum Gasteiger partial charge on any atom is -0.344 e. The number of carbonyl (C=O) groups is 1. The van der Waals surface area contributed by atoms with Gasteiger partial charge < -0.3 is 5.32 Å². The van der Waals surface area contributed by atoms with Gasteiger partial charge in [-0.2, -0.15) is 0 Å². The third kappa shape index (κ3) is 3.45. The lowest BCUT2D eigenvalue weighted by atomic mass is 9.85. The SMILES string of the molecule is CCCN=C1NC(=O)C(CC2CCCCC2)N1. The Morgan fingerprint density at radius 3 is 2.76 bits per heavy atom. The van der Waals surface area contributed by atoms with Crippen LogP contribution < -0.4 is 10.6 Å². The van der Waals surface area contributed by atoms with Crippen LogP contribution in [0, 0.1) is 5.92 Å². The van der Waals surface area contributed by atoms with Crippen LogP contribution in [0.5, 0.6) is 0 Å². The number of carbonyl (C=O) groups excluding carboxylic acids is 1. The van der Waals surface area contributed by atoms with Gasteiger partial charge in [-0.1, -0.05) is 39.0 Å². The van der Waals surface area contributed by atoms with E-state index in [0.29, 0.717) is 5.96 Å². The summed E-state index contributed by atoms with van der Waals surface area (Å²) in [6, 6.07) is -0.0475. The fourth-order valence-electron chi connectivity index (χ4n) is 2.70. The van der Waals surface area contributed by atoms with Crippen LogP contribution in [0.2, 0.25) is 0 Å². The number of hydrogen-bond donors (Lipinski definition) is 2. The van der Waals surface area contributed by atoms with Crippen molar-refractivity contribution < 1.29 is 4.79 Å². The van der Waals surface area contributed by atoms with Gasteiger partial charge in [0.25, 0.3) is 0 Å². The van der Waals surface area contributed by atoms with E-state index in [1.165, 1.54) is 32.1 Å². The van der Waals surface area contributed by atoms with Gasteiger partial charge in [-0.25, -0.2) is 0 Å². The normalized spacial score (nSPS) is 28.2. The third-order valence-corrected chi connectivity index (χ3v) is 3.66. The van der Waals surface area contributed by atoms with Crippen LogP contribution in [0.15, 0.2) is 4.99 Å². The lowest BCUT2D eigenvalue weighted by Gasteiger charge is -2.23. The van der Waals surface area contributed by atoms with E-state index in [9.17, 15) is 4.79 Å². The van der Waals surface area contributed by atoms with Gasteiger partial charge in [-0.05, 0) is 18.8 Å². The highest BCUT2D eigenvalue weighted by molar-refractivity contribution is 6.06. The zero-order valence-electron chi connectivity index (χ0n) is 10.7. The van der Waals surface area contributed by atoms with E-state index in [0.717, 1.165) is 25.3 Å². The number of aliphatic imine (C=N–C) groups is 1. The van der Waals surface area contributed by atoms with Gasteiger partial charge in [0.15, 0.2) is 5.96 Å². The maximum Gasteiger partial charge on any atom is 0.249 e. The largest absolute Gasteiger partial charge is 0.344 e. The van der Waals surface area contributed by atoms with Crippen molar-refractivity contribution in [2.45, 2.75) is 57.9 Å². The fourth-order valence-corrected chi connectivity index (χ4v) is 2.70. The Morgan fingerprint density at radius 1 is 1.29 bits per heavy atom. The third-order valence-electron chi connectivity index (χ3n) is 3.66. The van der Waals surface area contributed by atoms with Gasteiger partial charge in [0, 0.05) is 6.54 Å². The molecular formula is C13H23N3O. The maximum atomic E-state index is 11.8. The molecule has 1 aliphatic heterocycles. The van der Waals surface area contributed by atoms with Crippen molar-refractivity contribution in [2.24, 2.45) is 10.9 Å². The van der Waals surface area contributed by atoms with Gasteiger partial charge >= 0.3 is 0 Å². The predicted molar refractivity (Wildman–Crippen MR) is 68.9 cm³/mol. The second-order valence-corrected chi connectivity index (χ2v) is 5.16. The topological polar surface area (TPSA) is 53.5 Å². The fraction of sp³-hybridized carbons (Fsp3) is 0.846. The van der Waals surface area contributed by atoms with E-state index in [-0.39, 0.29) is 11.9 Å². The number of rotatable bonds is 4. The molecule has 4 heteroatoms. The summed E-state index contributed by atoms with van der Waals surface area (Å²) in [5, 5.41) is 6.04. The molecule has 1 heterocycles. The standard InChI is InChI=1S/C13H23N3O/c1-2-8-14-13-15-11(12(17)16-13)9-10-6-4-3-5-7-10/h10-11H,2-9H2,1H3,(H2,14,15,16,17). The Balaban J connectivity index is 1.83. The van der Waals surface area contributed by atoms with Crippen LogP contribution in [0.1, 0.15) is 51.9 Å². The van der Waals surface area contributed by atoms with Gasteiger partial charge in [0.1, 0.15) is 6.04 Å². The van der Waals surface area contributed by atoms with Gasteiger partial charge in [-0.15, -0.1) is 0 Å². The molecule has 0 spiro atoms. The summed E-state index contributed by atoms with van der Waals surface area (Å²) in [7, 11) is 0. The molecule has 1 unspecified atom stereocenters. The van der Waals surface area contributed by atoms with E-state index in [1.54, 1.807) is 0 Å². The van der Waals surface area contributed by atoms with E-state index >= 15 is 0 Å². The molecule has 2 rings (SSSR count). The zero-order chi connectivity index (χ0) is 12.1. The summed E-state index contributed by atoms with van der Waals surface area (Å²) < 4.78 is 0. The number of amides is 1. The molecule has 1 aliphatic carbocycles. The number of hydrogen-bond acceptors (Lipinski definition) is 2. The first-order chi connectivity index (χ1) is 8.29. The molecule has 1 saturated carbocycles. The molecule has 1 atom stereocenters. The summed E-state index contributed by atoms with van der Waals surface area (Å²) in [4.78, 5) is 16.1. The highest BCUT2D eigenvalue weighted by atomic mass is 16.2. The lowest BCUT2D eigenvalue weighted by molar-refractivity contribution is -0.120. The molecule has 96 valence electrons. The van der Waals surface area contributed by atoms with Crippen molar-refractivity contribution in [1.29, 1.82) is 0 Å². The van der Waals surface area contributed by atoms with E-state index in [4.69, 9.17) is 0 Å². The van der Waals surface area contributed by atoms with Crippen LogP contribution in [0.4, 0.5) is 0 Å². The second-order valence-electron chi connectivity index (χ2n) is 5.16. The van der Waals surface area contributed by atoms with E-state index < -0.39 is 0 Å². The average molecular weight is 237 g/mol. The Kier molecular flexibility index (Phi) is 4.40. The van der Waals surface area contributed by atoms with Crippen LogP contribution in [0.3, 0.4) is 0 Å². The molecule has 0 bridgehead atoms. The smallest absolute Gasteiger partial charge is 0.249 e. The van der Waals surface area contributed by atoms with Crippen LogP contribution in [-0.2, 0) is 4.79 Å². The Bertz CT molecular complexity index is 295. The molecule has 0 aromatic carbocycles. The average Bonchev–Trinajstić information content (AvgIpc) is 2.69. The number of nitrogens with one attached hydrogen (secondary N) is 2. The molecular weight excluding hydrogens is 214 g/mol. The first kappa shape index (κ1) is 12.4. The first-order valence-electron chi connectivity index (χ1n) is 6.91. The number of nitrogens with zero attached hydrogens (tertiary/aromatic N) is 1. The zero-order valence-corrected chi connectivity index (χ0v) is 10.7. The van der Waals surface area contributed by atoms with Crippen molar-refractivity contribution in [2.75, 3.05) is 6.54 Å². The molecule has 2 fully saturated rings. The Morgan fingerprint density at radius 2 is 2.06 bits per heavy atom. The van der Waals surface area contributed by atoms with Crippen molar-refractivity contribution >= 4 is 11.9 Å². The van der Waals surface area contributed by atoms with E-state index in [2.05, 4.69) is 22.5 Å². The quantitative estimate of drug-likeness (QED) is 0.783. The summed E-state index contributed by atoms with van der Waals surface area (Å²) in [5.41, 5.74) is 0. The minimum atomic E-state index is -0.0475. The summed E-state index contributed by atoms with van der Waals surface area (Å²) in [6.07, 6.45) is 8.57. The highest BCUT2D eigenvalue weighted by Crippen LogP contribution is 2.27. The van der Waals surface area contributed by atoms with E-state index in [1.807, 2.05) is 0 Å². The lowest BCUT2D eigenvalue weighted by Crippen LogP contribution is -2.32. The molecule has 1 saturated heterocycles. The number of guanidine groups is 1. The molecule has 0 aromatic heterocycles. The van der Waals surface area contributed by atoms with Crippen LogP contribution >= 0.6 is 0 Å². The Hall–Kier alpha value is -1.06. The molecule has 0 radical (unpaired) electrons. The van der Waals surface area contributed by atoms with Crippen LogP contribution in [-0.4, -0.2) is 24.5 Å². The first-order valence-corrected chi connectivity index (χ1v) is 6.91. The van der Waals surface area contributed by atoms with Crippen LogP contribution in [0.25, 0.3) is 0 Å². The van der Waals surface area contributed by atoms with Crippen molar-refractivity contribution in [3.63, 3.8) is 0 Å². The predicted octanol–water partition coefficient (Wildman–Crippen LogP) is 1.81. The summed E-state index contributed by atoms with van der Waals surface area (Å²) in [5.74, 6) is 1.50. The summed E-state index contributed by atoms with van der Waals surface area (Å²) in [6.45, 7) is 2.86. The maximum absolute atomic E-state index is 11.8. The van der Waals surface area contributed by atoms with Crippen molar-refractivity contribution in [3.8, 4) is 0 Å². The molecule has 4 nitrogen and oxygen atoms in total. The van der Waals surface area contributed by atoms with Crippen molar-refractivity contribution in [3.05, 3.63) is 0 Å². The minimum absolute atomic E-state index is 0.0475. The molecule has 0 aromatic rings. The summed E-state index contributed by atoms with van der Waals surface area (Å²) >= 11 is 0. The molecule has 1 amide bonds. The Labute approximate surface area is 103 Å². The van der Waals surface area contributed by atoms with Gasteiger partial charge in [-0.3, -0.25) is 15.1 Å². The monoisotopic (exact) mass is 237 g/mol. The second kappa shape index (κ2) is 6.03. The molecule has 2 aliphatic rings. The molecule has 17 heavy (non-hydrogen) atoms.